The molecule has 0 bridgehead atoms. The first-order valence-electron chi connectivity index (χ1n) is 5.50. The van der Waals surface area contributed by atoms with E-state index < -0.39 is 0 Å². The van der Waals surface area contributed by atoms with Gasteiger partial charge in [0.05, 0.1) is 0 Å². The number of rotatable bonds is 3. The Hall–Kier alpha value is -0.460. The van der Waals surface area contributed by atoms with Gasteiger partial charge in [-0.15, -0.1) is 0 Å². The van der Waals surface area contributed by atoms with Gasteiger partial charge in [0.2, 0.25) is 0 Å². The summed E-state index contributed by atoms with van der Waals surface area (Å²) in [6.45, 7) is 10.9. The Morgan fingerprint density at radius 2 is 1.77 bits per heavy atom. The second-order valence-electron chi connectivity index (χ2n) is 4.90. The molecule has 0 radical (unpaired) electrons. The second-order valence-corrected chi connectivity index (χ2v) is 4.90. The highest BCUT2D eigenvalue weighted by molar-refractivity contribution is 5.08. The molecule has 0 atom stereocenters. The quantitative estimate of drug-likeness (QED) is 0.703. The third kappa shape index (κ3) is 2.75. The van der Waals surface area contributed by atoms with Gasteiger partial charge in [-0.3, -0.25) is 0 Å². The summed E-state index contributed by atoms with van der Waals surface area (Å²) in [6, 6.07) is 0.520. The predicted octanol–water partition coefficient (Wildman–Crippen LogP) is 3.47. The molecule has 1 fully saturated rings. The van der Waals surface area contributed by atoms with Gasteiger partial charge in [-0.1, -0.05) is 32.8 Å². The summed E-state index contributed by atoms with van der Waals surface area (Å²) in [5, 5.41) is 3.46. The van der Waals surface area contributed by atoms with Gasteiger partial charge >= 0.3 is 0 Å². The lowest BCUT2D eigenvalue weighted by Crippen LogP contribution is -2.34. The van der Waals surface area contributed by atoms with E-state index in [1.54, 1.807) is 0 Å². The van der Waals surface area contributed by atoms with Crippen molar-refractivity contribution in [2.45, 2.75) is 58.9 Å². The zero-order chi connectivity index (χ0) is 9.90. The number of nitrogens with one attached hydrogen (secondary N) is 1. The summed E-state index contributed by atoms with van der Waals surface area (Å²) < 4.78 is 0. The number of hydrogen-bond acceptors (Lipinski definition) is 1. The van der Waals surface area contributed by atoms with Crippen LogP contribution in [0, 0.1) is 5.41 Å². The van der Waals surface area contributed by atoms with E-state index in [0.717, 1.165) is 0 Å². The van der Waals surface area contributed by atoms with Crippen molar-refractivity contribution in [3.05, 3.63) is 12.3 Å². The van der Waals surface area contributed by atoms with E-state index in [0.29, 0.717) is 11.5 Å². The highest BCUT2D eigenvalue weighted by atomic mass is 14.9. The number of hydrogen-bond donors (Lipinski definition) is 1. The molecule has 1 heteroatoms. The molecule has 0 aromatic heterocycles. The standard InChI is InChI=1S/C12H23N/c1-10(2)13-11(3)12(4)8-6-5-7-9-12/h10,13H,3,5-9H2,1-2,4H3. The van der Waals surface area contributed by atoms with Crippen LogP contribution in [0.3, 0.4) is 0 Å². The van der Waals surface area contributed by atoms with E-state index in [1.165, 1.54) is 37.8 Å². The molecule has 1 nitrogen and oxygen atoms in total. The normalized spacial score (nSPS) is 21.5. The first-order valence-corrected chi connectivity index (χ1v) is 5.50. The fraction of sp³-hybridized carbons (Fsp3) is 0.833. The van der Waals surface area contributed by atoms with Gasteiger partial charge in [0.25, 0.3) is 0 Å². The van der Waals surface area contributed by atoms with Crippen molar-refractivity contribution in [3.63, 3.8) is 0 Å². The minimum Gasteiger partial charge on any atom is -0.386 e. The van der Waals surface area contributed by atoms with Crippen molar-refractivity contribution in [1.82, 2.24) is 5.32 Å². The van der Waals surface area contributed by atoms with Crippen LogP contribution in [-0.2, 0) is 0 Å². The van der Waals surface area contributed by atoms with Crippen LogP contribution in [0.4, 0.5) is 0 Å². The Morgan fingerprint density at radius 3 is 2.23 bits per heavy atom. The topological polar surface area (TPSA) is 12.0 Å². The Bertz CT molecular complexity index is 176. The molecular weight excluding hydrogens is 158 g/mol. The summed E-state index contributed by atoms with van der Waals surface area (Å²) in [5.41, 5.74) is 1.62. The zero-order valence-corrected chi connectivity index (χ0v) is 9.32. The molecule has 0 saturated heterocycles. The smallest absolute Gasteiger partial charge is 0.0201 e. The van der Waals surface area contributed by atoms with Crippen molar-refractivity contribution in [2.24, 2.45) is 5.41 Å². The Labute approximate surface area is 82.6 Å². The molecule has 0 aromatic rings. The summed E-state index contributed by atoms with van der Waals surface area (Å²) >= 11 is 0. The minimum atomic E-state index is 0.364. The molecule has 13 heavy (non-hydrogen) atoms. The molecule has 0 unspecified atom stereocenters. The van der Waals surface area contributed by atoms with Crippen LogP contribution >= 0.6 is 0 Å². The first kappa shape index (κ1) is 10.6. The monoisotopic (exact) mass is 181 g/mol. The van der Waals surface area contributed by atoms with Crippen LogP contribution in [0.2, 0.25) is 0 Å². The zero-order valence-electron chi connectivity index (χ0n) is 9.32. The van der Waals surface area contributed by atoms with E-state index in [4.69, 9.17) is 0 Å². The SMILES string of the molecule is C=C(NC(C)C)C1(C)CCCCC1. The van der Waals surface area contributed by atoms with E-state index in [1.807, 2.05) is 0 Å². The third-order valence-electron chi connectivity index (χ3n) is 3.15. The van der Waals surface area contributed by atoms with Gasteiger partial charge in [-0.25, -0.2) is 0 Å². The molecule has 76 valence electrons. The molecule has 1 rings (SSSR count). The van der Waals surface area contributed by atoms with E-state index in [-0.39, 0.29) is 0 Å². The summed E-state index contributed by atoms with van der Waals surface area (Å²) in [7, 11) is 0. The lowest BCUT2D eigenvalue weighted by Gasteiger charge is -2.36. The van der Waals surface area contributed by atoms with Crippen molar-refractivity contribution in [3.8, 4) is 0 Å². The lowest BCUT2D eigenvalue weighted by molar-refractivity contribution is 0.250. The average molecular weight is 181 g/mol. The molecule has 0 heterocycles. The largest absolute Gasteiger partial charge is 0.386 e. The Kier molecular flexibility index (Phi) is 3.40. The van der Waals surface area contributed by atoms with Gasteiger partial charge in [-0.2, -0.15) is 0 Å². The molecule has 0 amide bonds. The van der Waals surface area contributed by atoms with Crippen molar-refractivity contribution < 1.29 is 0 Å². The van der Waals surface area contributed by atoms with Crippen LogP contribution in [0.25, 0.3) is 0 Å². The maximum Gasteiger partial charge on any atom is 0.0201 e. The van der Waals surface area contributed by atoms with Crippen molar-refractivity contribution in [2.75, 3.05) is 0 Å². The van der Waals surface area contributed by atoms with E-state index in [9.17, 15) is 0 Å². The second kappa shape index (κ2) is 4.17. The summed E-state index contributed by atoms with van der Waals surface area (Å²) in [4.78, 5) is 0. The predicted molar refractivity (Wildman–Crippen MR) is 58.6 cm³/mol. The molecule has 0 aromatic carbocycles. The van der Waals surface area contributed by atoms with Crippen LogP contribution in [0.15, 0.2) is 12.3 Å². The molecule has 1 aliphatic carbocycles. The van der Waals surface area contributed by atoms with Gasteiger partial charge < -0.3 is 5.32 Å². The van der Waals surface area contributed by atoms with E-state index >= 15 is 0 Å². The maximum atomic E-state index is 4.18. The van der Waals surface area contributed by atoms with Crippen LogP contribution in [0.1, 0.15) is 52.9 Å². The fourth-order valence-electron chi connectivity index (χ4n) is 2.16. The summed E-state index contributed by atoms with van der Waals surface area (Å²) in [6.07, 6.45) is 6.77. The van der Waals surface area contributed by atoms with E-state index in [2.05, 4.69) is 32.7 Å². The highest BCUT2D eigenvalue weighted by Gasteiger charge is 2.29. The van der Waals surface area contributed by atoms with Gasteiger partial charge in [0.1, 0.15) is 0 Å². The van der Waals surface area contributed by atoms with Gasteiger partial charge in [-0.05, 0) is 26.7 Å². The molecule has 0 spiro atoms. The average Bonchev–Trinajstić information content (AvgIpc) is 2.04. The minimum absolute atomic E-state index is 0.364. The maximum absolute atomic E-state index is 4.18. The lowest BCUT2D eigenvalue weighted by atomic mass is 9.73. The van der Waals surface area contributed by atoms with Crippen molar-refractivity contribution >= 4 is 0 Å². The van der Waals surface area contributed by atoms with Gasteiger partial charge in [0, 0.05) is 17.2 Å². The van der Waals surface area contributed by atoms with Gasteiger partial charge in [0.15, 0.2) is 0 Å². The van der Waals surface area contributed by atoms with Crippen LogP contribution in [0.5, 0.6) is 0 Å². The molecule has 1 saturated carbocycles. The Morgan fingerprint density at radius 1 is 1.23 bits per heavy atom. The molecule has 1 aliphatic rings. The highest BCUT2D eigenvalue weighted by Crippen LogP contribution is 2.40. The van der Waals surface area contributed by atoms with Crippen LogP contribution < -0.4 is 5.32 Å². The molecule has 0 aliphatic heterocycles. The number of allylic oxidation sites excluding steroid dienone is 1. The summed E-state index contributed by atoms with van der Waals surface area (Å²) in [5.74, 6) is 0. The van der Waals surface area contributed by atoms with Crippen molar-refractivity contribution in [1.29, 1.82) is 0 Å². The third-order valence-corrected chi connectivity index (χ3v) is 3.15. The fourth-order valence-corrected chi connectivity index (χ4v) is 2.16. The van der Waals surface area contributed by atoms with Crippen LogP contribution in [-0.4, -0.2) is 6.04 Å². The molecule has 1 N–H and O–H groups in total. The first-order chi connectivity index (χ1) is 6.04. The Balaban J connectivity index is 2.51. The molecular formula is C12H23N.